The van der Waals surface area contributed by atoms with E-state index in [2.05, 4.69) is 6.07 Å². The van der Waals surface area contributed by atoms with E-state index in [1.807, 2.05) is 18.2 Å². The molecule has 110 valence electrons. The van der Waals surface area contributed by atoms with E-state index < -0.39 is 17.0 Å². The second-order valence-electron chi connectivity index (χ2n) is 5.90. The molecule has 0 radical (unpaired) electrons. The molecule has 21 heavy (non-hydrogen) atoms. The van der Waals surface area contributed by atoms with Crippen molar-refractivity contribution in [2.75, 3.05) is 6.61 Å². The van der Waals surface area contributed by atoms with E-state index >= 15 is 0 Å². The van der Waals surface area contributed by atoms with E-state index in [1.54, 1.807) is 0 Å². The van der Waals surface area contributed by atoms with Gasteiger partial charge in [-0.3, -0.25) is 0 Å². The zero-order chi connectivity index (χ0) is 14.9. The Morgan fingerprint density at radius 2 is 1.76 bits per heavy atom. The van der Waals surface area contributed by atoms with Crippen molar-refractivity contribution in [2.45, 2.75) is 31.1 Å². The first kappa shape index (κ1) is 14.2. The third-order valence-corrected chi connectivity index (χ3v) is 4.46. The summed E-state index contributed by atoms with van der Waals surface area (Å²) in [4.78, 5) is 0. The number of aliphatic hydroxyl groups excluding tert-OH is 1. The lowest BCUT2D eigenvalue weighted by Gasteiger charge is -2.38. The van der Waals surface area contributed by atoms with Crippen LogP contribution < -0.4 is 0 Å². The highest BCUT2D eigenvalue weighted by molar-refractivity contribution is 5.39. The van der Waals surface area contributed by atoms with Gasteiger partial charge in [0.15, 0.2) is 0 Å². The normalized spacial score (nSPS) is 21.1. The van der Waals surface area contributed by atoms with Gasteiger partial charge in [0.1, 0.15) is 11.6 Å². The number of rotatable bonds is 3. The first-order chi connectivity index (χ1) is 10.1. The van der Waals surface area contributed by atoms with Gasteiger partial charge in [-0.25, -0.2) is 8.78 Å². The Kier molecular flexibility index (Phi) is 3.77. The van der Waals surface area contributed by atoms with E-state index in [1.165, 1.54) is 17.7 Å². The molecule has 0 bridgehead atoms. The number of aliphatic hydroxyl groups is 1. The van der Waals surface area contributed by atoms with Gasteiger partial charge >= 0.3 is 0 Å². The van der Waals surface area contributed by atoms with Gasteiger partial charge in [-0.15, -0.1) is 0 Å². The number of hydrogen-bond donors (Lipinski definition) is 1. The van der Waals surface area contributed by atoms with Gasteiger partial charge in [-0.05, 0) is 54.5 Å². The SMILES string of the molecule is OCC1(Cc2cc(F)cc(F)c2)CCCc2ccccc21. The highest BCUT2D eigenvalue weighted by Gasteiger charge is 2.36. The van der Waals surface area contributed by atoms with Crippen LogP contribution in [0.2, 0.25) is 0 Å². The quantitative estimate of drug-likeness (QED) is 0.911. The van der Waals surface area contributed by atoms with Gasteiger partial charge in [0.2, 0.25) is 0 Å². The summed E-state index contributed by atoms with van der Waals surface area (Å²) in [6.07, 6.45) is 3.26. The Bertz CT molecular complexity index is 633. The maximum Gasteiger partial charge on any atom is 0.126 e. The topological polar surface area (TPSA) is 20.2 Å². The minimum atomic E-state index is -0.567. The van der Waals surface area contributed by atoms with Crippen LogP contribution in [0, 0.1) is 11.6 Å². The molecule has 0 saturated carbocycles. The van der Waals surface area contributed by atoms with E-state index in [-0.39, 0.29) is 6.61 Å². The van der Waals surface area contributed by atoms with Crippen molar-refractivity contribution in [3.63, 3.8) is 0 Å². The summed E-state index contributed by atoms with van der Waals surface area (Å²) < 4.78 is 26.8. The van der Waals surface area contributed by atoms with Crippen LogP contribution >= 0.6 is 0 Å². The molecular weight excluding hydrogens is 270 g/mol. The molecule has 0 amide bonds. The number of halogens is 2. The Hall–Kier alpha value is -1.74. The summed E-state index contributed by atoms with van der Waals surface area (Å²) in [6.45, 7) is -0.0118. The van der Waals surface area contributed by atoms with Crippen LogP contribution in [0.15, 0.2) is 42.5 Å². The van der Waals surface area contributed by atoms with E-state index in [4.69, 9.17) is 0 Å². The second-order valence-corrected chi connectivity index (χ2v) is 5.90. The van der Waals surface area contributed by atoms with Gasteiger partial charge in [0.05, 0.1) is 6.61 Å². The maximum absolute atomic E-state index is 13.4. The molecule has 0 fully saturated rings. The van der Waals surface area contributed by atoms with Gasteiger partial charge < -0.3 is 5.11 Å². The van der Waals surface area contributed by atoms with Gasteiger partial charge in [-0.1, -0.05) is 24.3 Å². The van der Waals surface area contributed by atoms with E-state index in [0.717, 1.165) is 30.9 Å². The molecular formula is C18H18F2O. The highest BCUT2D eigenvalue weighted by atomic mass is 19.1. The Balaban J connectivity index is 2.02. The van der Waals surface area contributed by atoms with Crippen LogP contribution in [-0.4, -0.2) is 11.7 Å². The van der Waals surface area contributed by atoms with Crippen molar-refractivity contribution in [1.29, 1.82) is 0 Å². The van der Waals surface area contributed by atoms with Crippen molar-refractivity contribution in [2.24, 2.45) is 0 Å². The largest absolute Gasteiger partial charge is 0.395 e. The van der Waals surface area contributed by atoms with Crippen LogP contribution in [0.25, 0.3) is 0 Å². The smallest absolute Gasteiger partial charge is 0.126 e. The van der Waals surface area contributed by atoms with Crippen LogP contribution in [0.3, 0.4) is 0 Å². The molecule has 1 aliphatic carbocycles. The van der Waals surface area contributed by atoms with Gasteiger partial charge in [-0.2, -0.15) is 0 Å². The van der Waals surface area contributed by atoms with Crippen molar-refractivity contribution in [3.8, 4) is 0 Å². The molecule has 1 atom stereocenters. The molecule has 0 spiro atoms. The summed E-state index contributed by atoms with van der Waals surface area (Å²) in [5.41, 5.74) is 2.51. The average Bonchev–Trinajstić information content (AvgIpc) is 2.46. The number of hydrogen-bond acceptors (Lipinski definition) is 1. The van der Waals surface area contributed by atoms with Gasteiger partial charge in [0, 0.05) is 11.5 Å². The third-order valence-electron chi connectivity index (χ3n) is 4.46. The summed E-state index contributed by atoms with van der Waals surface area (Å²) in [5.74, 6) is -1.13. The minimum Gasteiger partial charge on any atom is -0.395 e. The zero-order valence-electron chi connectivity index (χ0n) is 11.8. The van der Waals surface area contributed by atoms with Crippen molar-refractivity contribution >= 4 is 0 Å². The molecule has 2 aromatic rings. The summed E-state index contributed by atoms with van der Waals surface area (Å²) in [6, 6.07) is 11.7. The molecule has 0 heterocycles. The number of fused-ring (bicyclic) bond motifs is 1. The lowest BCUT2D eigenvalue weighted by Crippen LogP contribution is -2.37. The van der Waals surface area contributed by atoms with E-state index in [0.29, 0.717) is 12.0 Å². The zero-order valence-corrected chi connectivity index (χ0v) is 11.8. The molecule has 0 aromatic heterocycles. The second kappa shape index (κ2) is 5.57. The molecule has 0 saturated heterocycles. The molecule has 1 nitrogen and oxygen atoms in total. The number of benzene rings is 2. The fourth-order valence-electron chi connectivity index (χ4n) is 3.52. The fourth-order valence-corrected chi connectivity index (χ4v) is 3.52. The van der Waals surface area contributed by atoms with Crippen LogP contribution in [-0.2, 0) is 18.3 Å². The monoisotopic (exact) mass is 288 g/mol. The average molecular weight is 288 g/mol. The Labute approximate surface area is 123 Å². The summed E-state index contributed by atoms with van der Waals surface area (Å²) in [5, 5.41) is 10.0. The molecule has 1 unspecified atom stereocenters. The standard InChI is InChI=1S/C18H18F2O/c19-15-8-13(9-16(20)10-15)11-18(12-21)7-3-5-14-4-1-2-6-17(14)18/h1-2,4,6,8-10,21H,3,5,7,11-12H2. The predicted molar refractivity (Wildman–Crippen MR) is 78.2 cm³/mol. The first-order valence-electron chi connectivity index (χ1n) is 7.27. The predicted octanol–water partition coefficient (Wildman–Crippen LogP) is 3.77. The molecule has 1 N–H and O–H groups in total. The van der Waals surface area contributed by atoms with Crippen LogP contribution in [0.1, 0.15) is 29.5 Å². The molecule has 3 heteroatoms. The highest BCUT2D eigenvalue weighted by Crippen LogP contribution is 2.39. The third kappa shape index (κ3) is 2.70. The lowest BCUT2D eigenvalue weighted by molar-refractivity contribution is 0.173. The minimum absolute atomic E-state index is 0.0118. The first-order valence-corrected chi connectivity index (χ1v) is 7.27. The lowest BCUT2D eigenvalue weighted by atomic mass is 9.67. The van der Waals surface area contributed by atoms with E-state index in [9.17, 15) is 13.9 Å². The van der Waals surface area contributed by atoms with Crippen LogP contribution in [0.4, 0.5) is 8.78 Å². The Morgan fingerprint density at radius 3 is 2.48 bits per heavy atom. The molecule has 3 rings (SSSR count). The van der Waals surface area contributed by atoms with Crippen LogP contribution in [0.5, 0.6) is 0 Å². The van der Waals surface area contributed by atoms with Crippen molar-refractivity contribution in [3.05, 3.63) is 70.8 Å². The molecule has 1 aliphatic rings. The fraction of sp³-hybridized carbons (Fsp3) is 0.333. The number of aryl methyl sites for hydroxylation is 1. The Morgan fingerprint density at radius 1 is 1.05 bits per heavy atom. The summed E-state index contributed by atoms with van der Waals surface area (Å²) >= 11 is 0. The van der Waals surface area contributed by atoms with Crippen molar-refractivity contribution in [1.82, 2.24) is 0 Å². The molecule has 0 aliphatic heterocycles. The van der Waals surface area contributed by atoms with Gasteiger partial charge in [0.25, 0.3) is 0 Å². The molecule has 2 aromatic carbocycles. The van der Waals surface area contributed by atoms with Crippen molar-refractivity contribution < 1.29 is 13.9 Å². The maximum atomic E-state index is 13.4. The summed E-state index contributed by atoms with van der Waals surface area (Å²) in [7, 11) is 0.